The van der Waals surface area contributed by atoms with E-state index in [1.165, 1.54) is 12.8 Å². The van der Waals surface area contributed by atoms with Crippen LogP contribution in [0, 0.1) is 11.8 Å². The SMILES string of the molecule is CC(C)/C=C/C1CC1. The molecule has 1 aliphatic carbocycles. The Labute approximate surface area is 51.6 Å². The largest absolute Gasteiger partial charge is 0.0857 e. The standard InChI is InChI=1S/C8H14/c1-7(2)3-4-8-5-6-8/h3-4,7-8H,5-6H2,1-2H3/b4-3+. The van der Waals surface area contributed by atoms with Crippen LogP contribution in [0.15, 0.2) is 12.2 Å². The highest BCUT2D eigenvalue weighted by atomic mass is 14.2. The maximum atomic E-state index is 2.35. The lowest BCUT2D eigenvalue weighted by atomic mass is 10.2. The molecule has 0 atom stereocenters. The minimum Gasteiger partial charge on any atom is -0.0857 e. The summed E-state index contributed by atoms with van der Waals surface area (Å²) in [5.74, 6) is 1.70. The van der Waals surface area contributed by atoms with Crippen LogP contribution < -0.4 is 0 Å². The van der Waals surface area contributed by atoms with Gasteiger partial charge in [-0.25, -0.2) is 0 Å². The van der Waals surface area contributed by atoms with Crippen molar-refractivity contribution in [1.82, 2.24) is 0 Å². The first-order valence-corrected chi connectivity index (χ1v) is 3.47. The van der Waals surface area contributed by atoms with E-state index in [0.717, 1.165) is 11.8 Å². The molecule has 0 heteroatoms. The van der Waals surface area contributed by atoms with Crippen LogP contribution in [0.4, 0.5) is 0 Å². The highest BCUT2D eigenvalue weighted by molar-refractivity contribution is 4.96. The van der Waals surface area contributed by atoms with Gasteiger partial charge in [-0.2, -0.15) is 0 Å². The molecule has 0 aliphatic heterocycles. The van der Waals surface area contributed by atoms with Gasteiger partial charge in [0.25, 0.3) is 0 Å². The summed E-state index contributed by atoms with van der Waals surface area (Å²) in [6.45, 7) is 4.44. The first kappa shape index (κ1) is 5.87. The molecule has 0 bridgehead atoms. The molecule has 0 nitrogen and oxygen atoms in total. The van der Waals surface area contributed by atoms with Crippen LogP contribution in [0.3, 0.4) is 0 Å². The lowest BCUT2D eigenvalue weighted by molar-refractivity contribution is 0.822. The fourth-order valence-electron chi connectivity index (χ4n) is 0.668. The van der Waals surface area contributed by atoms with Crippen molar-refractivity contribution in [2.24, 2.45) is 11.8 Å². The zero-order chi connectivity index (χ0) is 5.98. The molecular formula is C8H14. The van der Waals surface area contributed by atoms with Crippen LogP contribution in [-0.2, 0) is 0 Å². The third kappa shape index (κ3) is 2.15. The van der Waals surface area contributed by atoms with Crippen LogP contribution in [0.2, 0.25) is 0 Å². The number of hydrogen-bond acceptors (Lipinski definition) is 0. The highest BCUT2D eigenvalue weighted by Gasteiger charge is 2.16. The summed E-state index contributed by atoms with van der Waals surface area (Å²) >= 11 is 0. The zero-order valence-electron chi connectivity index (χ0n) is 5.72. The van der Waals surface area contributed by atoms with E-state index in [4.69, 9.17) is 0 Å². The van der Waals surface area contributed by atoms with Gasteiger partial charge in [-0.05, 0) is 24.7 Å². The second kappa shape index (κ2) is 2.34. The zero-order valence-corrected chi connectivity index (χ0v) is 5.72. The van der Waals surface area contributed by atoms with Gasteiger partial charge < -0.3 is 0 Å². The highest BCUT2D eigenvalue weighted by Crippen LogP contribution is 2.30. The van der Waals surface area contributed by atoms with Gasteiger partial charge >= 0.3 is 0 Å². The van der Waals surface area contributed by atoms with Crippen LogP contribution >= 0.6 is 0 Å². The lowest BCUT2D eigenvalue weighted by Crippen LogP contribution is -1.76. The summed E-state index contributed by atoms with van der Waals surface area (Å²) in [7, 11) is 0. The summed E-state index contributed by atoms with van der Waals surface area (Å²) in [5, 5.41) is 0. The van der Waals surface area contributed by atoms with Gasteiger partial charge in [-0.15, -0.1) is 0 Å². The Morgan fingerprint density at radius 3 is 2.38 bits per heavy atom. The normalized spacial score (nSPS) is 20.9. The molecule has 0 spiro atoms. The second-order valence-corrected chi connectivity index (χ2v) is 2.97. The number of rotatable bonds is 2. The van der Waals surface area contributed by atoms with Gasteiger partial charge in [-0.3, -0.25) is 0 Å². The van der Waals surface area contributed by atoms with Crippen molar-refractivity contribution in [3.8, 4) is 0 Å². The fraction of sp³-hybridized carbons (Fsp3) is 0.750. The minimum absolute atomic E-state index is 0.746. The van der Waals surface area contributed by atoms with Crippen molar-refractivity contribution >= 4 is 0 Å². The van der Waals surface area contributed by atoms with Gasteiger partial charge in [0.05, 0.1) is 0 Å². The Morgan fingerprint density at radius 1 is 1.38 bits per heavy atom. The summed E-state index contributed by atoms with van der Waals surface area (Å²) in [6, 6.07) is 0. The maximum absolute atomic E-state index is 2.35. The molecule has 0 aromatic heterocycles. The van der Waals surface area contributed by atoms with Crippen molar-refractivity contribution < 1.29 is 0 Å². The Bertz CT molecular complexity index is 82.2. The second-order valence-electron chi connectivity index (χ2n) is 2.97. The maximum Gasteiger partial charge on any atom is -0.0233 e. The smallest absolute Gasteiger partial charge is 0.0233 e. The van der Waals surface area contributed by atoms with E-state index in [1.54, 1.807) is 0 Å². The van der Waals surface area contributed by atoms with E-state index in [9.17, 15) is 0 Å². The van der Waals surface area contributed by atoms with Crippen molar-refractivity contribution in [3.63, 3.8) is 0 Å². The molecule has 0 amide bonds. The van der Waals surface area contributed by atoms with Gasteiger partial charge in [0.2, 0.25) is 0 Å². The van der Waals surface area contributed by atoms with Crippen LogP contribution in [0.25, 0.3) is 0 Å². The molecule has 0 unspecified atom stereocenters. The molecule has 1 fully saturated rings. The van der Waals surface area contributed by atoms with E-state index in [2.05, 4.69) is 26.0 Å². The molecule has 0 aromatic rings. The first-order chi connectivity index (χ1) is 3.79. The van der Waals surface area contributed by atoms with Crippen molar-refractivity contribution in [2.45, 2.75) is 26.7 Å². The van der Waals surface area contributed by atoms with Gasteiger partial charge in [0, 0.05) is 0 Å². The molecule has 8 heavy (non-hydrogen) atoms. The quantitative estimate of drug-likeness (QED) is 0.479. The van der Waals surface area contributed by atoms with Crippen LogP contribution in [-0.4, -0.2) is 0 Å². The van der Waals surface area contributed by atoms with Crippen molar-refractivity contribution in [2.75, 3.05) is 0 Å². The third-order valence-corrected chi connectivity index (χ3v) is 1.39. The molecular weight excluding hydrogens is 96.1 g/mol. The molecule has 1 saturated carbocycles. The minimum atomic E-state index is 0.746. The van der Waals surface area contributed by atoms with Crippen LogP contribution in [0.1, 0.15) is 26.7 Å². The summed E-state index contributed by atoms with van der Waals surface area (Å²) in [4.78, 5) is 0. The third-order valence-electron chi connectivity index (χ3n) is 1.39. The van der Waals surface area contributed by atoms with Crippen LogP contribution in [0.5, 0.6) is 0 Å². The Kier molecular flexibility index (Phi) is 1.72. The molecule has 0 aromatic carbocycles. The molecule has 0 radical (unpaired) electrons. The van der Waals surface area contributed by atoms with Gasteiger partial charge in [-0.1, -0.05) is 26.0 Å². The molecule has 46 valence electrons. The van der Waals surface area contributed by atoms with E-state index < -0.39 is 0 Å². The molecule has 1 aliphatic rings. The average Bonchev–Trinajstić information content (AvgIpc) is 2.41. The van der Waals surface area contributed by atoms with Gasteiger partial charge in [0.1, 0.15) is 0 Å². The van der Waals surface area contributed by atoms with E-state index >= 15 is 0 Å². The topological polar surface area (TPSA) is 0 Å². The Morgan fingerprint density at radius 2 is 2.00 bits per heavy atom. The fourth-order valence-corrected chi connectivity index (χ4v) is 0.668. The Balaban J connectivity index is 2.13. The average molecular weight is 110 g/mol. The molecule has 0 N–H and O–H groups in total. The van der Waals surface area contributed by atoms with Crippen molar-refractivity contribution in [1.29, 1.82) is 0 Å². The lowest BCUT2D eigenvalue weighted by Gasteiger charge is -1.89. The predicted octanol–water partition coefficient (Wildman–Crippen LogP) is 2.61. The predicted molar refractivity (Wildman–Crippen MR) is 36.7 cm³/mol. The van der Waals surface area contributed by atoms with Gasteiger partial charge in [0.15, 0.2) is 0 Å². The first-order valence-electron chi connectivity index (χ1n) is 3.47. The van der Waals surface area contributed by atoms with E-state index in [0.29, 0.717) is 0 Å². The Hall–Kier alpha value is -0.260. The molecule has 1 rings (SSSR count). The molecule has 0 heterocycles. The van der Waals surface area contributed by atoms with E-state index in [1.807, 2.05) is 0 Å². The number of hydrogen-bond donors (Lipinski definition) is 0. The summed E-state index contributed by atoms with van der Waals surface area (Å²) in [5.41, 5.74) is 0. The number of allylic oxidation sites excluding steroid dienone is 2. The molecule has 0 saturated heterocycles. The summed E-state index contributed by atoms with van der Waals surface area (Å²) in [6.07, 6.45) is 7.52. The summed E-state index contributed by atoms with van der Waals surface area (Å²) < 4.78 is 0. The van der Waals surface area contributed by atoms with E-state index in [-0.39, 0.29) is 0 Å². The van der Waals surface area contributed by atoms with Crippen molar-refractivity contribution in [3.05, 3.63) is 12.2 Å². The monoisotopic (exact) mass is 110 g/mol.